The molecule has 2 aliphatic heterocycles. The number of rotatable bonds is 4. The number of hydrogen-bond acceptors (Lipinski definition) is 5. The first kappa shape index (κ1) is 15.5. The maximum absolute atomic E-state index is 11.9. The number of hydrogen-bond donors (Lipinski definition) is 1. The topological polar surface area (TPSA) is 69.8 Å². The van der Waals surface area contributed by atoms with Crippen molar-refractivity contribution in [2.24, 2.45) is 11.3 Å². The Bertz CT molecular complexity index is 557. The largest absolute Gasteiger partial charge is 0.481 e. The maximum atomic E-state index is 11.9. The van der Waals surface area contributed by atoms with Crippen molar-refractivity contribution in [1.29, 1.82) is 0 Å². The van der Waals surface area contributed by atoms with E-state index < -0.39 is 11.4 Å². The van der Waals surface area contributed by atoms with Crippen LogP contribution in [0.2, 0.25) is 0 Å². The van der Waals surface area contributed by atoms with Crippen molar-refractivity contribution in [2.75, 3.05) is 33.2 Å². The van der Waals surface area contributed by atoms with Crippen LogP contribution in [0.4, 0.5) is 0 Å². The van der Waals surface area contributed by atoms with Crippen LogP contribution in [-0.2, 0) is 11.3 Å². The number of nitrogens with zero attached hydrogens (tertiary/aromatic N) is 3. The van der Waals surface area contributed by atoms with E-state index in [0.29, 0.717) is 25.6 Å². The van der Waals surface area contributed by atoms with Crippen LogP contribution in [0.5, 0.6) is 0 Å². The molecule has 0 aliphatic carbocycles. The number of likely N-dealkylation sites (tertiary alicyclic amines) is 2. The predicted octanol–water partition coefficient (Wildman–Crippen LogP) is 1.64. The quantitative estimate of drug-likeness (QED) is 0.912. The van der Waals surface area contributed by atoms with Crippen LogP contribution >= 0.6 is 0 Å². The Morgan fingerprint density at radius 1 is 1.55 bits per heavy atom. The first-order valence-corrected chi connectivity index (χ1v) is 8.00. The van der Waals surface area contributed by atoms with E-state index in [1.54, 1.807) is 0 Å². The van der Waals surface area contributed by atoms with Gasteiger partial charge in [-0.25, -0.2) is 0 Å². The van der Waals surface area contributed by atoms with Gasteiger partial charge in [0, 0.05) is 25.7 Å². The molecule has 2 saturated heterocycles. The van der Waals surface area contributed by atoms with Crippen molar-refractivity contribution in [1.82, 2.24) is 15.0 Å². The van der Waals surface area contributed by atoms with Gasteiger partial charge in [0.05, 0.1) is 17.7 Å². The SMILES string of the molecule is CC(C)c1cc(CN2C[C@H]3CCN(C)C[C@@]3(C(=O)O)C2)on1. The summed E-state index contributed by atoms with van der Waals surface area (Å²) in [5, 5.41) is 13.9. The Labute approximate surface area is 131 Å². The zero-order chi connectivity index (χ0) is 15.9. The lowest BCUT2D eigenvalue weighted by molar-refractivity contribution is -0.154. The van der Waals surface area contributed by atoms with E-state index in [2.05, 4.69) is 28.8 Å². The molecular weight excluding hydrogens is 282 g/mol. The summed E-state index contributed by atoms with van der Waals surface area (Å²) in [4.78, 5) is 16.3. The van der Waals surface area contributed by atoms with Crippen LogP contribution < -0.4 is 0 Å². The van der Waals surface area contributed by atoms with Crippen LogP contribution in [0.3, 0.4) is 0 Å². The van der Waals surface area contributed by atoms with Gasteiger partial charge in [0.1, 0.15) is 0 Å². The van der Waals surface area contributed by atoms with Crippen LogP contribution in [0.15, 0.2) is 10.6 Å². The Kier molecular flexibility index (Phi) is 3.99. The first-order chi connectivity index (χ1) is 10.4. The van der Waals surface area contributed by atoms with E-state index in [4.69, 9.17) is 4.52 Å². The van der Waals surface area contributed by atoms with Crippen LogP contribution in [0, 0.1) is 11.3 Å². The normalized spacial score (nSPS) is 29.9. The number of carboxylic acid groups (broad SMARTS) is 1. The Morgan fingerprint density at radius 3 is 2.95 bits per heavy atom. The lowest BCUT2D eigenvalue weighted by Gasteiger charge is -2.39. The molecule has 0 unspecified atom stereocenters. The Hall–Kier alpha value is -1.40. The summed E-state index contributed by atoms with van der Waals surface area (Å²) < 4.78 is 5.41. The third-order valence-electron chi connectivity index (χ3n) is 5.15. The van der Waals surface area contributed by atoms with Crippen LogP contribution in [-0.4, -0.2) is 59.3 Å². The summed E-state index contributed by atoms with van der Waals surface area (Å²) in [6, 6.07) is 1.99. The average Bonchev–Trinajstić information content (AvgIpc) is 3.03. The van der Waals surface area contributed by atoms with Crippen molar-refractivity contribution in [3.05, 3.63) is 17.5 Å². The number of carboxylic acids is 1. The molecule has 0 radical (unpaired) electrons. The van der Waals surface area contributed by atoms with Gasteiger partial charge in [0.25, 0.3) is 0 Å². The molecule has 0 amide bonds. The molecule has 3 heterocycles. The van der Waals surface area contributed by atoms with Gasteiger partial charge in [-0.1, -0.05) is 19.0 Å². The zero-order valence-electron chi connectivity index (χ0n) is 13.6. The van der Waals surface area contributed by atoms with Crippen molar-refractivity contribution < 1.29 is 14.4 Å². The molecule has 122 valence electrons. The van der Waals surface area contributed by atoms with Gasteiger partial charge in [-0.2, -0.15) is 0 Å². The molecule has 2 aliphatic rings. The third-order valence-corrected chi connectivity index (χ3v) is 5.15. The molecular formula is C16H25N3O3. The second kappa shape index (κ2) is 5.66. The Balaban J connectivity index is 1.73. The fourth-order valence-corrected chi connectivity index (χ4v) is 3.89. The zero-order valence-corrected chi connectivity index (χ0v) is 13.6. The summed E-state index contributed by atoms with van der Waals surface area (Å²) in [6.07, 6.45) is 0.951. The monoisotopic (exact) mass is 307 g/mol. The second-order valence-corrected chi connectivity index (χ2v) is 7.23. The molecule has 2 atom stereocenters. The number of aliphatic carboxylic acids is 1. The van der Waals surface area contributed by atoms with E-state index in [1.165, 1.54) is 0 Å². The van der Waals surface area contributed by atoms with Gasteiger partial charge in [0.2, 0.25) is 0 Å². The van der Waals surface area contributed by atoms with Crippen LogP contribution in [0.25, 0.3) is 0 Å². The molecule has 0 spiro atoms. The molecule has 1 aromatic rings. The summed E-state index contributed by atoms with van der Waals surface area (Å²) in [6.45, 7) is 7.86. The van der Waals surface area contributed by atoms with Gasteiger partial charge >= 0.3 is 5.97 Å². The lowest BCUT2D eigenvalue weighted by Crippen LogP contribution is -2.52. The number of carbonyl (C=O) groups is 1. The second-order valence-electron chi connectivity index (χ2n) is 7.23. The fraction of sp³-hybridized carbons (Fsp3) is 0.750. The number of piperidine rings is 1. The van der Waals surface area contributed by atoms with Crippen molar-refractivity contribution in [2.45, 2.75) is 32.7 Å². The third kappa shape index (κ3) is 2.65. The summed E-state index contributed by atoms with van der Waals surface area (Å²) in [5.74, 6) is 0.745. The molecule has 6 nitrogen and oxygen atoms in total. The minimum absolute atomic E-state index is 0.230. The minimum Gasteiger partial charge on any atom is -0.481 e. The highest BCUT2D eigenvalue weighted by Gasteiger charge is 2.54. The molecule has 6 heteroatoms. The van der Waals surface area contributed by atoms with Gasteiger partial charge < -0.3 is 14.5 Å². The highest BCUT2D eigenvalue weighted by atomic mass is 16.5. The predicted molar refractivity (Wildman–Crippen MR) is 81.5 cm³/mol. The summed E-state index contributed by atoms with van der Waals surface area (Å²) in [7, 11) is 2.01. The molecule has 22 heavy (non-hydrogen) atoms. The van der Waals surface area contributed by atoms with Crippen LogP contribution in [0.1, 0.15) is 37.6 Å². The summed E-state index contributed by atoms with van der Waals surface area (Å²) in [5.41, 5.74) is 0.327. The smallest absolute Gasteiger partial charge is 0.312 e. The van der Waals surface area contributed by atoms with Crippen molar-refractivity contribution in [3.63, 3.8) is 0 Å². The van der Waals surface area contributed by atoms with E-state index >= 15 is 0 Å². The lowest BCUT2D eigenvalue weighted by atomic mass is 9.73. The van der Waals surface area contributed by atoms with E-state index in [1.807, 2.05) is 13.1 Å². The molecule has 0 aromatic carbocycles. The van der Waals surface area contributed by atoms with Crippen molar-refractivity contribution >= 4 is 5.97 Å². The molecule has 3 rings (SSSR count). The number of fused-ring (bicyclic) bond motifs is 1. The highest BCUT2D eigenvalue weighted by molar-refractivity contribution is 5.76. The van der Waals surface area contributed by atoms with Gasteiger partial charge in [-0.3, -0.25) is 9.69 Å². The molecule has 1 aromatic heterocycles. The maximum Gasteiger partial charge on any atom is 0.312 e. The molecule has 0 saturated carbocycles. The highest BCUT2D eigenvalue weighted by Crippen LogP contribution is 2.42. The average molecular weight is 307 g/mol. The standard InChI is InChI=1S/C16H25N3O3/c1-11(2)14-6-13(22-17-14)8-19-7-12-4-5-18(3)9-16(12,10-19)15(20)21/h6,11-12H,4-5,7-10H2,1-3H3,(H,20,21)/t12-,16-/m1/s1. The minimum atomic E-state index is -0.660. The molecule has 2 fully saturated rings. The van der Waals surface area contributed by atoms with Gasteiger partial charge in [-0.15, -0.1) is 0 Å². The van der Waals surface area contributed by atoms with E-state index in [-0.39, 0.29) is 5.92 Å². The molecule has 1 N–H and O–H groups in total. The van der Waals surface area contributed by atoms with Gasteiger partial charge in [0.15, 0.2) is 5.76 Å². The van der Waals surface area contributed by atoms with Crippen molar-refractivity contribution in [3.8, 4) is 0 Å². The number of aromatic nitrogens is 1. The van der Waals surface area contributed by atoms with E-state index in [0.717, 1.165) is 31.0 Å². The first-order valence-electron chi connectivity index (χ1n) is 8.00. The van der Waals surface area contributed by atoms with E-state index in [9.17, 15) is 9.90 Å². The molecule has 0 bridgehead atoms. The van der Waals surface area contributed by atoms with Gasteiger partial charge in [-0.05, 0) is 31.8 Å². The fourth-order valence-electron chi connectivity index (χ4n) is 3.89. The Morgan fingerprint density at radius 2 is 2.32 bits per heavy atom. The summed E-state index contributed by atoms with van der Waals surface area (Å²) >= 11 is 0.